The van der Waals surface area contributed by atoms with Gasteiger partial charge in [0.15, 0.2) is 5.76 Å². The third-order valence-electron chi connectivity index (χ3n) is 3.97. The second-order valence-corrected chi connectivity index (χ2v) is 6.73. The lowest BCUT2D eigenvalue weighted by Gasteiger charge is -2.17. The Bertz CT molecular complexity index is 916. The molecule has 0 aromatic heterocycles. The zero-order chi connectivity index (χ0) is 19.0. The zero-order valence-corrected chi connectivity index (χ0v) is 15.4. The molecule has 0 saturated carbocycles. The number of anilines is 1. The SMILES string of the molecule is Cc1cc(Cl)ccc1N1C(=O)C(O)=C(c2ccc(OC(C)C)cc2)C1=O. The van der Waals surface area contributed by atoms with Crippen LogP contribution < -0.4 is 9.64 Å². The molecule has 0 saturated heterocycles. The fourth-order valence-corrected chi connectivity index (χ4v) is 3.07. The molecule has 0 spiro atoms. The molecule has 1 aliphatic rings. The van der Waals surface area contributed by atoms with Crippen molar-refractivity contribution in [3.8, 4) is 5.75 Å². The molecule has 0 aliphatic carbocycles. The van der Waals surface area contributed by atoms with E-state index in [9.17, 15) is 14.7 Å². The van der Waals surface area contributed by atoms with Crippen LogP contribution in [0.2, 0.25) is 5.02 Å². The largest absolute Gasteiger partial charge is 0.502 e. The Kier molecular flexibility index (Phi) is 4.74. The van der Waals surface area contributed by atoms with E-state index in [4.69, 9.17) is 16.3 Å². The second kappa shape index (κ2) is 6.84. The van der Waals surface area contributed by atoms with Crippen molar-refractivity contribution in [2.24, 2.45) is 0 Å². The monoisotopic (exact) mass is 371 g/mol. The standard InChI is InChI=1S/C20H18ClNO4/c1-11(2)26-15-7-4-13(5-8-15)17-18(23)20(25)22(19(17)24)16-9-6-14(21)10-12(16)3/h4-11,23H,1-3H3. The molecular weight excluding hydrogens is 354 g/mol. The van der Waals surface area contributed by atoms with Crippen LogP contribution in [-0.4, -0.2) is 23.0 Å². The Morgan fingerprint density at radius 3 is 2.27 bits per heavy atom. The molecular formula is C20H18ClNO4. The van der Waals surface area contributed by atoms with Crippen molar-refractivity contribution >= 4 is 34.7 Å². The average molecular weight is 372 g/mol. The first-order chi connectivity index (χ1) is 12.3. The van der Waals surface area contributed by atoms with Crippen molar-refractivity contribution in [1.29, 1.82) is 0 Å². The van der Waals surface area contributed by atoms with Gasteiger partial charge in [0.2, 0.25) is 0 Å². The fraction of sp³-hybridized carbons (Fsp3) is 0.200. The van der Waals surface area contributed by atoms with E-state index < -0.39 is 17.6 Å². The summed E-state index contributed by atoms with van der Waals surface area (Å²) in [5.41, 5.74) is 1.48. The molecule has 1 N–H and O–H groups in total. The van der Waals surface area contributed by atoms with E-state index in [0.717, 1.165) is 4.90 Å². The molecule has 2 aromatic carbocycles. The maximum absolute atomic E-state index is 12.9. The zero-order valence-electron chi connectivity index (χ0n) is 14.6. The lowest BCUT2D eigenvalue weighted by Crippen LogP contribution is -2.32. The summed E-state index contributed by atoms with van der Waals surface area (Å²) in [6.45, 7) is 5.57. The Labute approximate surface area is 156 Å². The van der Waals surface area contributed by atoms with Crippen LogP contribution >= 0.6 is 11.6 Å². The molecule has 0 bridgehead atoms. The van der Waals surface area contributed by atoms with E-state index in [2.05, 4.69) is 0 Å². The smallest absolute Gasteiger partial charge is 0.301 e. The summed E-state index contributed by atoms with van der Waals surface area (Å²) in [5.74, 6) is -1.25. The molecule has 0 fully saturated rings. The second-order valence-electron chi connectivity index (χ2n) is 6.29. The number of carbonyl (C=O) groups is 2. The molecule has 3 rings (SSSR count). The molecule has 2 aromatic rings. The number of ether oxygens (including phenoxy) is 1. The normalized spacial score (nSPS) is 14.6. The number of amides is 2. The lowest BCUT2D eigenvalue weighted by molar-refractivity contribution is -0.121. The van der Waals surface area contributed by atoms with E-state index in [1.807, 2.05) is 13.8 Å². The number of aliphatic hydroxyl groups excluding tert-OH is 1. The van der Waals surface area contributed by atoms with Gasteiger partial charge in [-0.1, -0.05) is 23.7 Å². The number of rotatable bonds is 4. The van der Waals surface area contributed by atoms with E-state index >= 15 is 0 Å². The summed E-state index contributed by atoms with van der Waals surface area (Å²) >= 11 is 5.94. The molecule has 1 aliphatic heterocycles. The number of hydrogen-bond acceptors (Lipinski definition) is 4. The van der Waals surface area contributed by atoms with Gasteiger partial charge in [-0.2, -0.15) is 0 Å². The first-order valence-electron chi connectivity index (χ1n) is 8.15. The Morgan fingerprint density at radius 1 is 1.04 bits per heavy atom. The number of hydrogen-bond donors (Lipinski definition) is 1. The van der Waals surface area contributed by atoms with Crippen LogP contribution in [0.5, 0.6) is 5.75 Å². The van der Waals surface area contributed by atoms with E-state index in [-0.39, 0.29) is 11.7 Å². The van der Waals surface area contributed by atoms with Crippen LogP contribution in [-0.2, 0) is 9.59 Å². The van der Waals surface area contributed by atoms with Gasteiger partial charge in [-0.05, 0) is 62.2 Å². The number of benzene rings is 2. The highest BCUT2D eigenvalue weighted by Crippen LogP contribution is 2.34. The highest BCUT2D eigenvalue weighted by molar-refractivity contribution is 6.45. The van der Waals surface area contributed by atoms with E-state index in [0.29, 0.717) is 27.6 Å². The van der Waals surface area contributed by atoms with Gasteiger partial charge < -0.3 is 9.84 Å². The summed E-state index contributed by atoms with van der Waals surface area (Å²) < 4.78 is 5.57. The Morgan fingerprint density at radius 2 is 1.69 bits per heavy atom. The molecule has 2 amide bonds. The van der Waals surface area contributed by atoms with Crippen molar-refractivity contribution in [2.75, 3.05) is 4.90 Å². The maximum atomic E-state index is 12.9. The first-order valence-corrected chi connectivity index (χ1v) is 8.52. The highest BCUT2D eigenvalue weighted by Gasteiger charge is 2.40. The van der Waals surface area contributed by atoms with Gasteiger partial charge >= 0.3 is 5.91 Å². The third kappa shape index (κ3) is 3.18. The predicted molar refractivity (Wildman–Crippen MR) is 100 cm³/mol. The summed E-state index contributed by atoms with van der Waals surface area (Å²) in [5, 5.41) is 10.8. The summed E-state index contributed by atoms with van der Waals surface area (Å²) in [7, 11) is 0. The topological polar surface area (TPSA) is 66.8 Å². The first kappa shape index (κ1) is 18.0. The van der Waals surface area contributed by atoms with Crippen LogP contribution in [0.1, 0.15) is 25.0 Å². The minimum atomic E-state index is -0.752. The van der Waals surface area contributed by atoms with Gasteiger partial charge in [0.05, 0.1) is 17.4 Å². The van der Waals surface area contributed by atoms with Gasteiger partial charge in [-0.25, -0.2) is 4.90 Å². The van der Waals surface area contributed by atoms with Gasteiger partial charge in [0, 0.05) is 5.02 Å². The summed E-state index contributed by atoms with van der Waals surface area (Å²) in [6.07, 6.45) is 0.0199. The quantitative estimate of drug-likeness (QED) is 0.814. The van der Waals surface area contributed by atoms with Crippen molar-refractivity contribution in [3.05, 3.63) is 64.4 Å². The number of aryl methyl sites for hydroxylation is 1. The van der Waals surface area contributed by atoms with Gasteiger partial charge in [-0.15, -0.1) is 0 Å². The fourth-order valence-electron chi connectivity index (χ4n) is 2.84. The van der Waals surface area contributed by atoms with Crippen molar-refractivity contribution in [3.63, 3.8) is 0 Å². The number of halogens is 1. The molecule has 26 heavy (non-hydrogen) atoms. The van der Waals surface area contributed by atoms with Crippen LogP contribution in [0.4, 0.5) is 5.69 Å². The molecule has 0 radical (unpaired) electrons. The van der Waals surface area contributed by atoms with Crippen molar-refractivity contribution < 1.29 is 19.4 Å². The number of imide groups is 1. The van der Waals surface area contributed by atoms with Gasteiger partial charge in [-0.3, -0.25) is 9.59 Å². The minimum Gasteiger partial charge on any atom is -0.502 e. The van der Waals surface area contributed by atoms with Crippen molar-refractivity contribution in [2.45, 2.75) is 26.9 Å². The highest BCUT2D eigenvalue weighted by atomic mass is 35.5. The Hall–Kier alpha value is -2.79. The lowest BCUT2D eigenvalue weighted by atomic mass is 10.1. The van der Waals surface area contributed by atoms with E-state index in [1.165, 1.54) is 0 Å². The number of nitrogens with zero attached hydrogens (tertiary/aromatic N) is 1. The predicted octanol–water partition coefficient (Wildman–Crippen LogP) is 4.28. The molecule has 6 heteroatoms. The molecule has 1 heterocycles. The Balaban J connectivity index is 1.96. The molecule has 0 atom stereocenters. The molecule has 134 valence electrons. The van der Waals surface area contributed by atoms with E-state index in [1.54, 1.807) is 49.4 Å². The summed E-state index contributed by atoms with van der Waals surface area (Å²) in [6, 6.07) is 11.5. The van der Waals surface area contributed by atoms with Crippen molar-refractivity contribution in [1.82, 2.24) is 0 Å². The third-order valence-corrected chi connectivity index (χ3v) is 4.21. The molecule has 5 nitrogen and oxygen atoms in total. The van der Waals surface area contributed by atoms with Crippen LogP contribution in [0.15, 0.2) is 48.2 Å². The maximum Gasteiger partial charge on any atom is 0.301 e. The van der Waals surface area contributed by atoms with Gasteiger partial charge in [0.1, 0.15) is 5.75 Å². The summed E-state index contributed by atoms with van der Waals surface area (Å²) in [4.78, 5) is 26.3. The number of carbonyl (C=O) groups excluding carboxylic acids is 2. The van der Waals surface area contributed by atoms with Crippen LogP contribution in [0, 0.1) is 6.92 Å². The average Bonchev–Trinajstić information content (AvgIpc) is 2.78. The van der Waals surface area contributed by atoms with Crippen LogP contribution in [0.3, 0.4) is 0 Å². The van der Waals surface area contributed by atoms with Crippen LogP contribution in [0.25, 0.3) is 5.57 Å². The number of aliphatic hydroxyl groups is 1. The molecule has 0 unspecified atom stereocenters. The van der Waals surface area contributed by atoms with Gasteiger partial charge in [0.25, 0.3) is 5.91 Å². The minimum absolute atomic E-state index is 0.0199.